The molecule has 2 N–H and O–H groups in total. The van der Waals surface area contributed by atoms with E-state index in [1.54, 1.807) is 22.9 Å². The fourth-order valence-electron chi connectivity index (χ4n) is 3.27. The van der Waals surface area contributed by atoms with Crippen LogP contribution in [0.1, 0.15) is 18.2 Å². The van der Waals surface area contributed by atoms with Crippen molar-refractivity contribution in [2.24, 2.45) is 5.14 Å². The van der Waals surface area contributed by atoms with Crippen molar-refractivity contribution in [2.75, 3.05) is 0 Å². The zero-order valence-electron chi connectivity index (χ0n) is 14.9. The second-order valence-electron chi connectivity index (χ2n) is 6.68. The summed E-state index contributed by atoms with van der Waals surface area (Å²) in [5.74, 6) is -0.498. The molecule has 1 aliphatic rings. The van der Waals surface area contributed by atoms with Crippen LogP contribution in [-0.4, -0.2) is 24.3 Å². The second-order valence-corrected chi connectivity index (χ2v) is 8.65. The fourth-order valence-corrected chi connectivity index (χ4v) is 3.96. The summed E-state index contributed by atoms with van der Waals surface area (Å²) in [5, 5.41) is 9.89. The standard InChI is InChI=1S/C19H17ClFN3O3S/c1-11-8-18-15(10-27-11)19(12-2-5-14(6-3-12)28(22,25)26)23-24(18)13-4-7-17(21)16(20)9-13/h2-7,9,11H,8,10H2,1H3,(H2,22,25,26)/t11-/m0/s1. The van der Waals surface area contributed by atoms with Gasteiger partial charge in [0.15, 0.2) is 0 Å². The Bertz CT molecular complexity index is 1160. The molecule has 2 heterocycles. The highest BCUT2D eigenvalue weighted by Crippen LogP contribution is 2.33. The summed E-state index contributed by atoms with van der Waals surface area (Å²) in [5.41, 5.74) is 3.90. The summed E-state index contributed by atoms with van der Waals surface area (Å²) < 4.78 is 44.1. The number of fused-ring (bicyclic) bond motifs is 1. The van der Waals surface area contributed by atoms with Crippen molar-refractivity contribution in [1.82, 2.24) is 9.78 Å². The monoisotopic (exact) mass is 421 g/mol. The van der Waals surface area contributed by atoms with Crippen LogP contribution in [0.15, 0.2) is 47.4 Å². The molecule has 0 aliphatic carbocycles. The van der Waals surface area contributed by atoms with Crippen LogP contribution in [0.4, 0.5) is 4.39 Å². The molecule has 6 nitrogen and oxygen atoms in total. The second kappa shape index (κ2) is 6.97. The predicted octanol–water partition coefficient (Wildman–Crippen LogP) is 3.44. The number of sulfonamides is 1. The van der Waals surface area contributed by atoms with E-state index in [0.717, 1.165) is 16.8 Å². The van der Waals surface area contributed by atoms with Crippen molar-refractivity contribution in [3.63, 3.8) is 0 Å². The summed E-state index contributed by atoms with van der Waals surface area (Å²) in [6.45, 7) is 2.34. The van der Waals surface area contributed by atoms with Gasteiger partial charge in [-0.05, 0) is 37.3 Å². The van der Waals surface area contributed by atoms with E-state index >= 15 is 0 Å². The molecule has 28 heavy (non-hydrogen) atoms. The van der Waals surface area contributed by atoms with E-state index in [1.165, 1.54) is 24.3 Å². The molecule has 1 atom stereocenters. The maximum Gasteiger partial charge on any atom is 0.238 e. The van der Waals surface area contributed by atoms with Gasteiger partial charge in [0.2, 0.25) is 10.0 Å². The van der Waals surface area contributed by atoms with Gasteiger partial charge in [-0.3, -0.25) is 0 Å². The molecule has 146 valence electrons. The molecule has 0 unspecified atom stereocenters. The number of benzene rings is 2. The summed E-state index contributed by atoms with van der Waals surface area (Å²) in [7, 11) is -3.77. The third kappa shape index (κ3) is 3.44. The lowest BCUT2D eigenvalue weighted by Crippen LogP contribution is -2.21. The number of ether oxygens (including phenoxy) is 1. The van der Waals surface area contributed by atoms with E-state index in [-0.39, 0.29) is 16.0 Å². The number of nitrogens with two attached hydrogens (primary N) is 1. The van der Waals surface area contributed by atoms with Gasteiger partial charge in [0, 0.05) is 17.5 Å². The van der Waals surface area contributed by atoms with Gasteiger partial charge < -0.3 is 4.74 Å². The molecule has 0 saturated carbocycles. The lowest BCUT2D eigenvalue weighted by atomic mass is 10.0. The lowest BCUT2D eigenvalue weighted by Gasteiger charge is -2.21. The first-order valence-corrected chi connectivity index (χ1v) is 10.5. The van der Waals surface area contributed by atoms with E-state index in [0.29, 0.717) is 24.4 Å². The molecule has 0 fully saturated rings. The van der Waals surface area contributed by atoms with E-state index in [2.05, 4.69) is 0 Å². The molecule has 1 aliphatic heterocycles. The first-order chi connectivity index (χ1) is 13.2. The Kier molecular flexibility index (Phi) is 4.75. The first kappa shape index (κ1) is 19.1. The van der Waals surface area contributed by atoms with Gasteiger partial charge in [-0.25, -0.2) is 22.6 Å². The molecule has 0 radical (unpaired) electrons. The van der Waals surface area contributed by atoms with Gasteiger partial charge in [0.25, 0.3) is 0 Å². The van der Waals surface area contributed by atoms with Crippen LogP contribution in [0.2, 0.25) is 5.02 Å². The number of nitrogens with zero attached hydrogens (tertiary/aromatic N) is 2. The van der Waals surface area contributed by atoms with Crippen LogP contribution >= 0.6 is 11.6 Å². The maximum atomic E-state index is 13.6. The number of hydrogen-bond donors (Lipinski definition) is 1. The van der Waals surface area contributed by atoms with Crippen molar-refractivity contribution in [3.8, 4) is 16.9 Å². The van der Waals surface area contributed by atoms with Gasteiger partial charge in [0.1, 0.15) is 5.82 Å². The first-order valence-electron chi connectivity index (χ1n) is 8.55. The number of rotatable bonds is 3. The summed E-state index contributed by atoms with van der Waals surface area (Å²) in [4.78, 5) is 0.0275. The van der Waals surface area contributed by atoms with Gasteiger partial charge in [0.05, 0.1) is 39.7 Å². The van der Waals surface area contributed by atoms with Crippen LogP contribution in [0.25, 0.3) is 16.9 Å². The van der Waals surface area contributed by atoms with Crippen molar-refractivity contribution < 1.29 is 17.5 Å². The van der Waals surface area contributed by atoms with Gasteiger partial charge in [-0.15, -0.1) is 0 Å². The molecular weight excluding hydrogens is 405 g/mol. The quantitative estimate of drug-likeness (QED) is 0.701. The fraction of sp³-hybridized carbons (Fsp3) is 0.211. The highest BCUT2D eigenvalue weighted by Gasteiger charge is 2.26. The van der Waals surface area contributed by atoms with Gasteiger partial charge in [-0.2, -0.15) is 5.10 Å². The minimum atomic E-state index is -3.77. The Morgan fingerprint density at radius 2 is 1.96 bits per heavy atom. The average Bonchev–Trinajstić information content (AvgIpc) is 3.02. The third-order valence-electron chi connectivity index (χ3n) is 4.69. The van der Waals surface area contributed by atoms with Crippen LogP contribution < -0.4 is 5.14 Å². The molecule has 0 amide bonds. The van der Waals surface area contributed by atoms with Crippen LogP contribution in [0, 0.1) is 5.82 Å². The Labute approximate surface area is 166 Å². The van der Waals surface area contributed by atoms with Gasteiger partial charge in [-0.1, -0.05) is 23.7 Å². The number of halogens is 2. The predicted molar refractivity (Wildman–Crippen MR) is 103 cm³/mol. The lowest BCUT2D eigenvalue weighted by molar-refractivity contribution is 0.0401. The maximum absolute atomic E-state index is 13.6. The van der Waals surface area contributed by atoms with E-state index in [1.807, 2.05) is 6.92 Å². The van der Waals surface area contributed by atoms with Gasteiger partial charge >= 0.3 is 0 Å². The minimum Gasteiger partial charge on any atom is -0.373 e. The molecule has 9 heteroatoms. The Hall–Kier alpha value is -2.26. The molecule has 0 spiro atoms. The molecule has 2 aromatic carbocycles. The minimum absolute atomic E-state index is 0.0106. The molecular formula is C19H17ClFN3O3S. The summed E-state index contributed by atoms with van der Waals surface area (Å²) in [6, 6.07) is 10.6. The summed E-state index contributed by atoms with van der Waals surface area (Å²) in [6.07, 6.45) is 0.642. The number of hydrogen-bond acceptors (Lipinski definition) is 4. The van der Waals surface area contributed by atoms with Crippen molar-refractivity contribution >= 4 is 21.6 Å². The van der Waals surface area contributed by atoms with Crippen molar-refractivity contribution in [3.05, 3.63) is 64.6 Å². The number of aromatic nitrogens is 2. The third-order valence-corrected chi connectivity index (χ3v) is 5.91. The van der Waals surface area contributed by atoms with Crippen LogP contribution in [-0.2, 0) is 27.8 Å². The Balaban J connectivity index is 1.86. The van der Waals surface area contributed by atoms with Crippen molar-refractivity contribution in [2.45, 2.75) is 31.0 Å². The Morgan fingerprint density at radius 3 is 2.61 bits per heavy atom. The molecule has 4 rings (SSSR count). The highest BCUT2D eigenvalue weighted by molar-refractivity contribution is 7.89. The smallest absolute Gasteiger partial charge is 0.238 e. The van der Waals surface area contributed by atoms with E-state index in [9.17, 15) is 12.8 Å². The highest BCUT2D eigenvalue weighted by atomic mass is 35.5. The SMILES string of the molecule is C[C@H]1Cc2c(c(-c3ccc(S(N)(=O)=O)cc3)nn2-c2ccc(F)c(Cl)c2)CO1. The molecule has 0 bridgehead atoms. The largest absolute Gasteiger partial charge is 0.373 e. The zero-order chi connectivity index (χ0) is 20.1. The number of primary sulfonamides is 1. The van der Waals surface area contributed by atoms with Crippen LogP contribution in [0.5, 0.6) is 0 Å². The Morgan fingerprint density at radius 1 is 1.25 bits per heavy atom. The van der Waals surface area contributed by atoms with Crippen molar-refractivity contribution in [1.29, 1.82) is 0 Å². The van der Waals surface area contributed by atoms with Crippen LogP contribution in [0.3, 0.4) is 0 Å². The molecule has 1 aromatic heterocycles. The average molecular weight is 422 g/mol. The molecule has 3 aromatic rings. The zero-order valence-corrected chi connectivity index (χ0v) is 16.5. The summed E-state index contributed by atoms with van der Waals surface area (Å²) >= 11 is 5.95. The normalized spacial score (nSPS) is 16.8. The van der Waals surface area contributed by atoms with E-state index in [4.69, 9.17) is 26.6 Å². The molecule has 0 saturated heterocycles. The van der Waals surface area contributed by atoms with E-state index < -0.39 is 15.8 Å². The topological polar surface area (TPSA) is 87.2 Å².